The van der Waals surface area contributed by atoms with Gasteiger partial charge in [-0.2, -0.15) is 0 Å². The molecule has 2 rings (SSSR count). The Kier molecular flexibility index (Phi) is 6.90. The summed E-state index contributed by atoms with van der Waals surface area (Å²) >= 11 is 0. The molecule has 0 aromatic heterocycles. The summed E-state index contributed by atoms with van der Waals surface area (Å²) in [4.78, 5) is 26.4. The van der Waals surface area contributed by atoms with E-state index < -0.39 is 23.5 Å². The number of carbonyl (C=O) groups is 2. The fourth-order valence-corrected chi connectivity index (χ4v) is 3.08. The van der Waals surface area contributed by atoms with E-state index in [4.69, 9.17) is 5.11 Å². The van der Waals surface area contributed by atoms with Crippen molar-refractivity contribution in [1.29, 1.82) is 0 Å². The van der Waals surface area contributed by atoms with E-state index in [-0.39, 0.29) is 30.7 Å². The second-order valence-electron chi connectivity index (χ2n) is 6.84. The second-order valence-corrected chi connectivity index (χ2v) is 6.84. The van der Waals surface area contributed by atoms with Crippen molar-refractivity contribution in [2.24, 2.45) is 5.92 Å². The molecule has 0 spiro atoms. The molecule has 2 amide bonds. The number of aliphatic carboxylic acids is 1. The summed E-state index contributed by atoms with van der Waals surface area (Å²) in [5, 5.41) is 11.8. The number of nitrogens with zero attached hydrogens (tertiary/aromatic N) is 2. The van der Waals surface area contributed by atoms with Crippen LogP contribution in [-0.2, 0) is 11.3 Å². The topological polar surface area (TPSA) is 72.9 Å². The van der Waals surface area contributed by atoms with E-state index in [1.807, 2.05) is 4.90 Å². The number of nitrogens with one attached hydrogen (secondary N) is 1. The number of hydrogen-bond acceptors (Lipinski definition) is 3. The molecule has 0 saturated carbocycles. The number of rotatable bonds is 6. The van der Waals surface area contributed by atoms with Gasteiger partial charge in [-0.3, -0.25) is 9.69 Å². The zero-order chi connectivity index (χ0) is 19.3. The van der Waals surface area contributed by atoms with Crippen molar-refractivity contribution in [3.63, 3.8) is 0 Å². The van der Waals surface area contributed by atoms with E-state index in [2.05, 4.69) is 5.32 Å². The molecule has 2 atom stereocenters. The Morgan fingerprint density at radius 3 is 2.65 bits per heavy atom. The lowest BCUT2D eigenvalue weighted by Crippen LogP contribution is -2.51. The fraction of sp³-hybridized carbons (Fsp3) is 0.556. The average Bonchev–Trinajstić information content (AvgIpc) is 2.58. The van der Waals surface area contributed by atoms with Gasteiger partial charge in [-0.15, -0.1) is 0 Å². The molecule has 2 unspecified atom stereocenters. The third-order valence-corrected chi connectivity index (χ3v) is 4.59. The fourth-order valence-electron chi connectivity index (χ4n) is 3.08. The van der Waals surface area contributed by atoms with Crippen molar-refractivity contribution in [3.05, 3.63) is 35.4 Å². The second kappa shape index (κ2) is 8.93. The summed E-state index contributed by atoms with van der Waals surface area (Å²) in [6, 6.07) is 3.32. The Balaban J connectivity index is 1.89. The van der Waals surface area contributed by atoms with Crippen LogP contribution in [0.3, 0.4) is 0 Å². The number of benzene rings is 1. The lowest BCUT2D eigenvalue weighted by Gasteiger charge is -2.34. The van der Waals surface area contributed by atoms with Gasteiger partial charge in [0.1, 0.15) is 11.6 Å². The van der Waals surface area contributed by atoms with Crippen LogP contribution < -0.4 is 5.32 Å². The number of halogens is 2. The Labute approximate surface area is 151 Å². The molecule has 2 N–H and O–H groups in total. The predicted molar refractivity (Wildman–Crippen MR) is 92.6 cm³/mol. The highest BCUT2D eigenvalue weighted by molar-refractivity contribution is 5.76. The van der Waals surface area contributed by atoms with Crippen LogP contribution in [0.2, 0.25) is 0 Å². The van der Waals surface area contributed by atoms with Gasteiger partial charge in [-0.05, 0) is 31.5 Å². The molecule has 144 valence electrons. The molecule has 1 aliphatic rings. The highest BCUT2D eigenvalue weighted by Crippen LogP contribution is 2.18. The van der Waals surface area contributed by atoms with E-state index in [1.54, 1.807) is 7.05 Å². The first-order chi connectivity index (χ1) is 12.3. The molecule has 0 bridgehead atoms. The Morgan fingerprint density at radius 2 is 2.04 bits per heavy atom. The summed E-state index contributed by atoms with van der Waals surface area (Å²) in [6.07, 6.45) is 1.57. The standard InChI is InChI=1S/C18H25F2N3O3/c1-12(17(24)25)9-22(2)18(26)21-13-5-4-8-23(10-13)11-14-15(19)6-3-7-16(14)20/h3,6-7,12-13H,4-5,8-11H2,1-2H3,(H,21,26)(H,24,25). The smallest absolute Gasteiger partial charge is 0.317 e. The Hall–Kier alpha value is -2.22. The lowest BCUT2D eigenvalue weighted by atomic mass is 10.0. The minimum atomic E-state index is -0.958. The van der Waals surface area contributed by atoms with Crippen LogP contribution in [-0.4, -0.2) is 59.6 Å². The highest BCUT2D eigenvalue weighted by atomic mass is 19.1. The minimum absolute atomic E-state index is 0.0341. The van der Waals surface area contributed by atoms with Crippen LogP contribution in [0, 0.1) is 17.6 Å². The lowest BCUT2D eigenvalue weighted by molar-refractivity contribution is -0.141. The molecule has 26 heavy (non-hydrogen) atoms. The highest BCUT2D eigenvalue weighted by Gasteiger charge is 2.25. The molecule has 0 aliphatic carbocycles. The zero-order valence-corrected chi connectivity index (χ0v) is 15.0. The maximum atomic E-state index is 13.8. The van der Waals surface area contributed by atoms with Gasteiger partial charge >= 0.3 is 12.0 Å². The summed E-state index contributed by atoms with van der Waals surface area (Å²) in [6.45, 7) is 2.99. The number of carboxylic acid groups (broad SMARTS) is 1. The number of hydrogen-bond donors (Lipinski definition) is 2. The van der Waals surface area contributed by atoms with E-state index in [0.717, 1.165) is 12.8 Å². The molecular formula is C18H25F2N3O3. The van der Waals surface area contributed by atoms with Crippen molar-refractivity contribution in [1.82, 2.24) is 15.1 Å². The molecule has 1 aromatic carbocycles. The third-order valence-electron chi connectivity index (χ3n) is 4.59. The van der Waals surface area contributed by atoms with Gasteiger partial charge in [0, 0.05) is 38.3 Å². The first kappa shape index (κ1) is 20.1. The quantitative estimate of drug-likeness (QED) is 0.807. The number of urea groups is 1. The van der Waals surface area contributed by atoms with Crippen LogP contribution in [0.25, 0.3) is 0 Å². The van der Waals surface area contributed by atoms with E-state index >= 15 is 0 Å². The molecule has 1 heterocycles. The molecular weight excluding hydrogens is 344 g/mol. The normalized spacial score (nSPS) is 19.0. The maximum absolute atomic E-state index is 13.8. The summed E-state index contributed by atoms with van der Waals surface area (Å²) in [5.74, 6) is -2.75. The largest absolute Gasteiger partial charge is 0.481 e. The van der Waals surface area contributed by atoms with E-state index in [1.165, 1.54) is 30.0 Å². The van der Waals surface area contributed by atoms with Crippen molar-refractivity contribution in [2.75, 3.05) is 26.7 Å². The van der Waals surface area contributed by atoms with Crippen LogP contribution >= 0.6 is 0 Å². The molecule has 1 saturated heterocycles. The Bertz CT molecular complexity index is 636. The van der Waals surface area contributed by atoms with Gasteiger partial charge in [-0.1, -0.05) is 13.0 Å². The number of amides is 2. The molecule has 1 aliphatic heterocycles. The van der Waals surface area contributed by atoms with Gasteiger partial charge in [0.15, 0.2) is 0 Å². The van der Waals surface area contributed by atoms with Crippen molar-refractivity contribution in [2.45, 2.75) is 32.4 Å². The predicted octanol–water partition coefficient (Wildman–Crippen LogP) is 2.29. The SMILES string of the molecule is CC(CN(C)C(=O)NC1CCCN(Cc2c(F)cccc2F)C1)C(=O)O. The van der Waals surface area contributed by atoms with Gasteiger partial charge < -0.3 is 15.3 Å². The van der Waals surface area contributed by atoms with Crippen LogP contribution in [0.5, 0.6) is 0 Å². The molecule has 0 radical (unpaired) electrons. The minimum Gasteiger partial charge on any atom is -0.481 e. The van der Waals surface area contributed by atoms with Crippen LogP contribution in [0.15, 0.2) is 18.2 Å². The van der Waals surface area contributed by atoms with Crippen LogP contribution in [0.1, 0.15) is 25.3 Å². The van der Waals surface area contributed by atoms with E-state index in [0.29, 0.717) is 13.1 Å². The van der Waals surface area contributed by atoms with Gasteiger partial charge in [0.05, 0.1) is 5.92 Å². The molecule has 6 nitrogen and oxygen atoms in total. The maximum Gasteiger partial charge on any atom is 0.317 e. The number of carboxylic acids is 1. The first-order valence-electron chi connectivity index (χ1n) is 8.67. The van der Waals surface area contributed by atoms with Crippen LogP contribution in [0.4, 0.5) is 13.6 Å². The number of carbonyl (C=O) groups excluding carboxylic acids is 1. The number of piperidine rings is 1. The van der Waals surface area contributed by atoms with Gasteiger partial charge in [-0.25, -0.2) is 13.6 Å². The monoisotopic (exact) mass is 369 g/mol. The average molecular weight is 369 g/mol. The summed E-state index contributed by atoms with van der Waals surface area (Å²) < 4.78 is 27.6. The number of likely N-dealkylation sites (tertiary alicyclic amines) is 1. The van der Waals surface area contributed by atoms with Crippen molar-refractivity contribution < 1.29 is 23.5 Å². The molecule has 1 aromatic rings. The van der Waals surface area contributed by atoms with Crippen molar-refractivity contribution >= 4 is 12.0 Å². The zero-order valence-electron chi connectivity index (χ0n) is 15.0. The summed E-state index contributed by atoms with van der Waals surface area (Å²) in [7, 11) is 1.55. The van der Waals surface area contributed by atoms with Gasteiger partial charge in [0.25, 0.3) is 0 Å². The first-order valence-corrected chi connectivity index (χ1v) is 8.67. The van der Waals surface area contributed by atoms with Gasteiger partial charge in [0.2, 0.25) is 0 Å². The van der Waals surface area contributed by atoms with Crippen molar-refractivity contribution in [3.8, 4) is 0 Å². The molecule has 8 heteroatoms. The third kappa shape index (κ3) is 5.39. The molecule has 1 fully saturated rings. The van der Waals surface area contributed by atoms with E-state index in [9.17, 15) is 18.4 Å². The Morgan fingerprint density at radius 1 is 1.38 bits per heavy atom. The summed E-state index contributed by atoms with van der Waals surface area (Å²) in [5.41, 5.74) is 0.0341.